The highest BCUT2D eigenvalue weighted by atomic mass is 16.5. The molecule has 29 heavy (non-hydrogen) atoms. The van der Waals surface area contributed by atoms with Crippen LogP contribution in [-0.4, -0.2) is 60.4 Å². The van der Waals surface area contributed by atoms with Crippen molar-refractivity contribution in [3.63, 3.8) is 0 Å². The van der Waals surface area contributed by atoms with Crippen molar-refractivity contribution < 1.29 is 9.84 Å². The summed E-state index contributed by atoms with van der Waals surface area (Å²) in [5.41, 5.74) is 13.8. The van der Waals surface area contributed by atoms with Crippen LogP contribution in [0.25, 0.3) is 0 Å². The van der Waals surface area contributed by atoms with Crippen LogP contribution in [0, 0.1) is 5.41 Å². The van der Waals surface area contributed by atoms with Crippen LogP contribution in [0.4, 0.5) is 11.4 Å². The van der Waals surface area contributed by atoms with E-state index in [9.17, 15) is 0 Å². The number of ether oxygens (including phenoxy) is 1. The van der Waals surface area contributed by atoms with Crippen molar-refractivity contribution in [2.45, 2.75) is 5.85 Å². The van der Waals surface area contributed by atoms with E-state index in [1.54, 1.807) is 29.3 Å². The van der Waals surface area contributed by atoms with Crippen molar-refractivity contribution in [2.24, 2.45) is 21.6 Å². The minimum atomic E-state index is -1.65. The van der Waals surface area contributed by atoms with Gasteiger partial charge < -0.3 is 14.7 Å². The summed E-state index contributed by atoms with van der Waals surface area (Å²) >= 11 is 0. The maximum absolute atomic E-state index is 9.11. The van der Waals surface area contributed by atoms with Crippen LogP contribution in [-0.2, 0) is 0 Å². The van der Waals surface area contributed by atoms with Gasteiger partial charge >= 0.3 is 0 Å². The smallest absolute Gasteiger partial charge is 0.236 e. The molecule has 1 aliphatic heterocycles. The molecule has 152 valence electrons. The zero-order valence-electron chi connectivity index (χ0n) is 16.4. The van der Waals surface area contributed by atoms with Gasteiger partial charge in [-0.25, -0.2) is 10.0 Å². The van der Waals surface area contributed by atoms with Gasteiger partial charge in [-0.1, -0.05) is 18.2 Å². The van der Waals surface area contributed by atoms with E-state index in [2.05, 4.69) is 10.1 Å². The Labute approximate surface area is 169 Å². The van der Waals surface area contributed by atoms with Crippen molar-refractivity contribution in [1.82, 2.24) is 4.90 Å². The van der Waals surface area contributed by atoms with Gasteiger partial charge in [0.05, 0.1) is 11.4 Å². The van der Waals surface area contributed by atoms with Crippen molar-refractivity contribution >= 4 is 28.6 Å². The van der Waals surface area contributed by atoms with Crippen LogP contribution in [0.15, 0.2) is 64.7 Å². The quantitative estimate of drug-likeness (QED) is 0.519. The molecule has 0 saturated heterocycles. The summed E-state index contributed by atoms with van der Waals surface area (Å²) in [5, 5.41) is 23.9. The van der Waals surface area contributed by atoms with Gasteiger partial charge in [0, 0.05) is 6.54 Å². The lowest BCUT2D eigenvalue weighted by molar-refractivity contribution is 0.0198. The lowest BCUT2D eigenvalue weighted by Crippen LogP contribution is -2.57. The zero-order chi connectivity index (χ0) is 21.0. The number of nitrogens with zero attached hydrogens (tertiary/aromatic N) is 4. The second-order valence-corrected chi connectivity index (χ2v) is 6.95. The first-order valence-electron chi connectivity index (χ1n) is 9.02. The van der Waals surface area contributed by atoms with Crippen molar-refractivity contribution in [3.8, 4) is 5.75 Å². The second-order valence-electron chi connectivity index (χ2n) is 6.95. The average Bonchev–Trinajstić information content (AvgIpc) is 2.99. The normalized spacial score (nSPS) is 15.9. The number of anilines is 1. The Kier molecular flexibility index (Phi) is 6.04. The molecule has 9 heteroatoms. The molecule has 0 saturated carbocycles. The highest BCUT2D eigenvalue weighted by molar-refractivity contribution is 6.73. The predicted molar refractivity (Wildman–Crippen MR) is 115 cm³/mol. The van der Waals surface area contributed by atoms with Crippen molar-refractivity contribution in [1.29, 1.82) is 5.41 Å². The van der Waals surface area contributed by atoms with Crippen LogP contribution in [0.2, 0.25) is 0 Å². The number of hydrogen-bond acceptors (Lipinski definition) is 8. The standard InChI is InChI=1S/C20H25N7O2/c1-26(2)12-17-18(19(21)27(25-17)15-6-4-3-5-7-15)24-14-8-10-16(11-9-14)29-20(22,23)13-28/h3-11,21,28H,12-13,22-23H2,1-2H3. The number of hydrogen-bond donors (Lipinski definition) is 4. The molecule has 6 N–H and O–H groups in total. The molecule has 0 aromatic heterocycles. The fourth-order valence-corrected chi connectivity index (χ4v) is 2.70. The number of para-hydroxylation sites is 1. The van der Waals surface area contributed by atoms with Gasteiger partial charge in [0.15, 0.2) is 5.84 Å². The van der Waals surface area contributed by atoms with Gasteiger partial charge in [-0.05, 0) is 50.5 Å². The van der Waals surface area contributed by atoms with Gasteiger partial charge in [0.1, 0.15) is 23.8 Å². The summed E-state index contributed by atoms with van der Waals surface area (Å²) in [6.07, 6.45) is 0. The van der Waals surface area contributed by atoms with Gasteiger partial charge in [-0.2, -0.15) is 5.10 Å². The fourth-order valence-electron chi connectivity index (χ4n) is 2.70. The molecule has 0 atom stereocenters. The monoisotopic (exact) mass is 395 g/mol. The van der Waals surface area contributed by atoms with Crippen LogP contribution >= 0.6 is 0 Å². The molecule has 0 amide bonds. The third kappa shape index (κ3) is 5.04. The minimum absolute atomic E-state index is 0.205. The second kappa shape index (κ2) is 8.50. The average molecular weight is 395 g/mol. The summed E-state index contributed by atoms with van der Waals surface area (Å²) in [6.45, 7) is 0.0268. The number of amidine groups is 1. The first kappa shape index (κ1) is 20.6. The number of nitrogens with one attached hydrogen (secondary N) is 1. The Balaban J connectivity index is 1.88. The number of aliphatic hydroxyl groups excluding tert-OH is 1. The van der Waals surface area contributed by atoms with E-state index in [0.29, 0.717) is 29.4 Å². The van der Waals surface area contributed by atoms with E-state index in [0.717, 1.165) is 5.69 Å². The van der Waals surface area contributed by atoms with Gasteiger partial charge in [0.2, 0.25) is 5.85 Å². The number of aliphatic hydroxyl groups is 1. The molecule has 3 rings (SSSR count). The molecule has 1 aliphatic rings. The fraction of sp³-hybridized carbons (Fsp3) is 0.250. The van der Waals surface area contributed by atoms with E-state index < -0.39 is 12.5 Å². The molecular formula is C20H25N7O2. The number of nitrogens with two attached hydrogens (primary N) is 2. The van der Waals surface area contributed by atoms with Gasteiger partial charge in [0.25, 0.3) is 0 Å². The highest BCUT2D eigenvalue weighted by Gasteiger charge is 2.30. The Morgan fingerprint density at radius 3 is 2.38 bits per heavy atom. The highest BCUT2D eigenvalue weighted by Crippen LogP contribution is 2.24. The minimum Gasteiger partial charge on any atom is -0.458 e. The molecular weight excluding hydrogens is 370 g/mol. The lowest BCUT2D eigenvalue weighted by Gasteiger charge is -2.23. The van der Waals surface area contributed by atoms with Crippen LogP contribution in [0.1, 0.15) is 0 Å². The summed E-state index contributed by atoms with van der Waals surface area (Å²) in [7, 11) is 3.88. The molecule has 1 heterocycles. The molecule has 0 aliphatic carbocycles. The summed E-state index contributed by atoms with van der Waals surface area (Å²) in [6, 6.07) is 16.3. The van der Waals surface area contributed by atoms with Gasteiger partial charge in [-0.15, -0.1) is 0 Å². The van der Waals surface area contributed by atoms with Gasteiger partial charge in [-0.3, -0.25) is 16.9 Å². The first-order chi connectivity index (χ1) is 13.8. The molecule has 0 radical (unpaired) electrons. The largest absolute Gasteiger partial charge is 0.458 e. The van der Waals surface area contributed by atoms with E-state index >= 15 is 0 Å². The van der Waals surface area contributed by atoms with Crippen LogP contribution in [0.5, 0.6) is 5.75 Å². The predicted octanol–water partition coefficient (Wildman–Crippen LogP) is 1.12. The molecule has 0 fully saturated rings. The Hall–Kier alpha value is -3.11. The summed E-state index contributed by atoms with van der Waals surface area (Å²) in [5.74, 6) is -1.04. The molecule has 0 unspecified atom stereocenters. The van der Waals surface area contributed by atoms with E-state index in [1.807, 2.05) is 49.3 Å². The van der Waals surface area contributed by atoms with E-state index in [1.165, 1.54) is 0 Å². The molecule has 2 aromatic carbocycles. The topological polar surface area (TPSA) is 137 Å². The number of benzene rings is 2. The van der Waals surface area contributed by atoms with E-state index in [4.69, 9.17) is 26.7 Å². The lowest BCUT2D eigenvalue weighted by atomic mass is 10.2. The maximum Gasteiger partial charge on any atom is 0.236 e. The van der Waals surface area contributed by atoms with E-state index in [-0.39, 0.29) is 5.84 Å². The van der Waals surface area contributed by atoms with Crippen molar-refractivity contribution in [3.05, 3.63) is 54.6 Å². The molecule has 0 bridgehead atoms. The summed E-state index contributed by atoms with van der Waals surface area (Å²) in [4.78, 5) is 6.61. The van der Waals surface area contributed by atoms with Crippen LogP contribution in [0.3, 0.4) is 0 Å². The third-order valence-corrected chi connectivity index (χ3v) is 4.03. The SMILES string of the molecule is CN(C)CC1=NN(c2ccccc2)C(=N)C1=Nc1ccc(OC(N)(N)CO)cc1. The molecule has 0 spiro atoms. The summed E-state index contributed by atoms with van der Waals surface area (Å²) < 4.78 is 5.32. The number of rotatable bonds is 7. The van der Waals surface area contributed by atoms with Crippen LogP contribution < -0.4 is 21.2 Å². The Bertz CT molecular complexity index is 922. The Morgan fingerprint density at radius 1 is 1.14 bits per heavy atom. The Morgan fingerprint density at radius 2 is 1.79 bits per heavy atom. The van der Waals surface area contributed by atoms with Crippen molar-refractivity contribution in [2.75, 3.05) is 32.3 Å². The number of aliphatic imine (C=N–C) groups is 1. The first-order valence-corrected chi connectivity index (χ1v) is 9.02. The maximum atomic E-state index is 9.11. The third-order valence-electron chi connectivity index (χ3n) is 4.03. The molecule has 2 aromatic rings. The zero-order valence-corrected chi connectivity index (χ0v) is 16.4. The number of hydrazone groups is 1. The molecule has 9 nitrogen and oxygen atoms in total.